The molecule has 2 bridgehead atoms. The largest absolute Gasteiger partial charge is 0.119 e. The number of halogens is 1. The average molecular weight is 157 g/mol. The fourth-order valence-corrected chi connectivity index (χ4v) is 2.60. The van der Waals surface area contributed by atoms with Crippen molar-refractivity contribution in [2.45, 2.75) is 37.0 Å². The van der Waals surface area contributed by atoms with Gasteiger partial charge in [-0.1, -0.05) is 18.6 Å². The predicted octanol–water partition coefficient (Wildman–Crippen LogP) is 3.11. The van der Waals surface area contributed by atoms with Gasteiger partial charge in [-0.15, -0.1) is 11.6 Å². The van der Waals surface area contributed by atoms with Crippen LogP contribution >= 0.6 is 11.6 Å². The molecule has 0 nitrogen and oxygen atoms in total. The summed E-state index contributed by atoms with van der Waals surface area (Å²) in [5, 5.41) is 0. The summed E-state index contributed by atoms with van der Waals surface area (Å²) in [6, 6.07) is 0. The molecule has 0 aromatic heterocycles. The van der Waals surface area contributed by atoms with Gasteiger partial charge in [-0.25, -0.2) is 0 Å². The molecule has 0 heterocycles. The first-order valence-electron chi connectivity index (χ1n) is 4.14. The van der Waals surface area contributed by atoms with Crippen molar-refractivity contribution in [1.29, 1.82) is 0 Å². The third-order valence-electron chi connectivity index (χ3n) is 2.72. The van der Waals surface area contributed by atoms with Crippen LogP contribution in [0.3, 0.4) is 0 Å². The highest BCUT2D eigenvalue weighted by Gasteiger charge is 2.34. The van der Waals surface area contributed by atoms with E-state index in [1.165, 1.54) is 25.7 Å². The van der Waals surface area contributed by atoms with Gasteiger partial charge in [0.25, 0.3) is 0 Å². The number of hydrogen-bond acceptors (Lipinski definition) is 0. The van der Waals surface area contributed by atoms with E-state index >= 15 is 0 Å². The normalized spacial score (nSPS) is 45.5. The van der Waals surface area contributed by atoms with Crippen LogP contribution in [0.25, 0.3) is 0 Å². The van der Waals surface area contributed by atoms with Crippen LogP contribution in [0.15, 0.2) is 12.2 Å². The predicted molar refractivity (Wildman–Crippen MR) is 44.3 cm³/mol. The van der Waals surface area contributed by atoms with Crippen LogP contribution in [0.4, 0.5) is 0 Å². The Balaban J connectivity index is 2.18. The van der Waals surface area contributed by atoms with Crippen molar-refractivity contribution >= 4 is 11.6 Å². The molecule has 1 saturated carbocycles. The van der Waals surface area contributed by atoms with Crippen molar-refractivity contribution in [2.24, 2.45) is 5.92 Å². The van der Waals surface area contributed by atoms with E-state index in [9.17, 15) is 0 Å². The third-order valence-corrected chi connectivity index (χ3v) is 3.22. The zero-order chi connectivity index (χ0) is 7.03. The fraction of sp³-hybridized carbons (Fsp3) is 0.778. The molecule has 2 rings (SSSR count). The maximum absolute atomic E-state index is 6.35. The Morgan fingerprint density at radius 3 is 3.10 bits per heavy atom. The van der Waals surface area contributed by atoms with Crippen LogP contribution in [-0.2, 0) is 0 Å². The summed E-state index contributed by atoms with van der Waals surface area (Å²) in [6.45, 7) is 0. The lowest BCUT2D eigenvalue weighted by Gasteiger charge is -2.37. The molecule has 0 radical (unpaired) electrons. The average Bonchev–Trinajstić information content (AvgIpc) is 1.86. The monoisotopic (exact) mass is 156 g/mol. The van der Waals surface area contributed by atoms with Crippen molar-refractivity contribution in [1.82, 2.24) is 0 Å². The zero-order valence-corrected chi connectivity index (χ0v) is 6.90. The number of alkyl halides is 1. The van der Waals surface area contributed by atoms with E-state index < -0.39 is 0 Å². The Labute approximate surface area is 67.3 Å². The molecule has 0 amide bonds. The van der Waals surface area contributed by atoms with Gasteiger partial charge in [-0.05, 0) is 31.6 Å². The molecule has 0 aromatic carbocycles. The lowest BCUT2D eigenvalue weighted by atomic mass is 9.75. The summed E-state index contributed by atoms with van der Waals surface area (Å²) >= 11 is 6.35. The SMILES string of the molecule is ClC12CC=CC(CCC1)C2. The van der Waals surface area contributed by atoms with E-state index in [-0.39, 0.29) is 4.87 Å². The highest BCUT2D eigenvalue weighted by atomic mass is 35.5. The van der Waals surface area contributed by atoms with Gasteiger partial charge in [0.2, 0.25) is 0 Å². The molecule has 0 N–H and O–H groups in total. The van der Waals surface area contributed by atoms with Gasteiger partial charge in [-0.3, -0.25) is 0 Å². The van der Waals surface area contributed by atoms with E-state index in [2.05, 4.69) is 12.2 Å². The smallest absolute Gasteiger partial charge is 0.0486 e. The fourth-order valence-electron chi connectivity index (χ4n) is 2.18. The maximum Gasteiger partial charge on any atom is 0.0486 e. The van der Waals surface area contributed by atoms with E-state index in [1.807, 2.05) is 0 Å². The maximum atomic E-state index is 6.35. The second kappa shape index (κ2) is 2.27. The van der Waals surface area contributed by atoms with Crippen molar-refractivity contribution in [3.63, 3.8) is 0 Å². The molecule has 2 atom stereocenters. The molecule has 0 spiro atoms. The number of fused-ring (bicyclic) bond motifs is 2. The summed E-state index contributed by atoms with van der Waals surface area (Å²) in [7, 11) is 0. The molecular formula is C9H13Cl. The van der Waals surface area contributed by atoms with Gasteiger partial charge in [-0.2, -0.15) is 0 Å². The van der Waals surface area contributed by atoms with E-state index in [0.717, 1.165) is 12.3 Å². The van der Waals surface area contributed by atoms with Crippen LogP contribution < -0.4 is 0 Å². The molecule has 2 unspecified atom stereocenters. The molecular weight excluding hydrogens is 144 g/mol. The first kappa shape index (κ1) is 6.72. The highest BCUT2D eigenvalue weighted by molar-refractivity contribution is 6.24. The van der Waals surface area contributed by atoms with Gasteiger partial charge in [0.05, 0.1) is 0 Å². The van der Waals surface area contributed by atoms with Crippen LogP contribution in [-0.4, -0.2) is 4.87 Å². The lowest BCUT2D eigenvalue weighted by Crippen LogP contribution is -2.30. The van der Waals surface area contributed by atoms with Crippen LogP contribution in [0.1, 0.15) is 32.1 Å². The molecule has 0 saturated heterocycles. The zero-order valence-electron chi connectivity index (χ0n) is 6.15. The highest BCUT2D eigenvalue weighted by Crippen LogP contribution is 2.43. The van der Waals surface area contributed by atoms with Gasteiger partial charge in [0, 0.05) is 4.87 Å². The first-order valence-corrected chi connectivity index (χ1v) is 4.52. The Morgan fingerprint density at radius 1 is 1.50 bits per heavy atom. The molecule has 2 aliphatic carbocycles. The molecule has 0 aromatic rings. The van der Waals surface area contributed by atoms with Gasteiger partial charge >= 0.3 is 0 Å². The summed E-state index contributed by atoms with van der Waals surface area (Å²) in [5.74, 6) is 0.806. The van der Waals surface area contributed by atoms with Crippen LogP contribution in [0, 0.1) is 5.92 Å². The number of allylic oxidation sites excluding steroid dienone is 2. The molecule has 56 valence electrons. The van der Waals surface area contributed by atoms with Gasteiger partial charge in [0.15, 0.2) is 0 Å². The lowest BCUT2D eigenvalue weighted by molar-refractivity contribution is 0.317. The van der Waals surface area contributed by atoms with Crippen molar-refractivity contribution in [3.8, 4) is 0 Å². The molecule has 10 heavy (non-hydrogen) atoms. The summed E-state index contributed by atoms with van der Waals surface area (Å²) in [5.41, 5.74) is 0. The molecule has 0 aliphatic heterocycles. The number of hydrogen-bond donors (Lipinski definition) is 0. The second-order valence-electron chi connectivity index (χ2n) is 3.64. The second-order valence-corrected chi connectivity index (χ2v) is 4.44. The first-order chi connectivity index (χ1) is 4.79. The summed E-state index contributed by atoms with van der Waals surface area (Å²) < 4.78 is 0. The van der Waals surface area contributed by atoms with Gasteiger partial charge in [0.1, 0.15) is 0 Å². The minimum Gasteiger partial charge on any atom is -0.119 e. The van der Waals surface area contributed by atoms with Crippen molar-refractivity contribution in [3.05, 3.63) is 12.2 Å². The quantitative estimate of drug-likeness (QED) is 0.374. The minimum absolute atomic E-state index is 0.164. The Kier molecular flexibility index (Phi) is 1.52. The molecule has 2 aliphatic rings. The van der Waals surface area contributed by atoms with Gasteiger partial charge < -0.3 is 0 Å². The van der Waals surface area contributed by atoms with E-state index in [0.29, 0.717) is 0 Å². The van der Waals surface area contributed by atoms with E-state index in [4.69, 9.17) is 11.6 Å². The Bertz CT molecular complexity index is 162. The third kappa shape index (κ3) is 1.10. The topological polar surface area (TPSA) is 0 Å². The Hall–Kier alpha value is 0.0300. The standard InChI is InChI=1S/C9H13Cl/c10-9-5-1-3-8(7-9)4-2-6-9/h1,3,8H,2,4-7H2. The van der Waals surface area contributed by atoms with E-state index in [1.54, 1.807) is 0 Å². The molecule has 1 fully saturated rings. The summed E-state index contributed by atoms with van der Waals surface area (Å²) in [6.07, 6.45) is 10.9. The van der Waals surface area contributed by atoms with Crippen LogP contribution in [0.2, 0.25) is 0 Å². The molecule has 1 heteroatoms. The summed E-state index contributed by atoms with van der Waals surface area (Å²) in [4.78, 5) is 0.164. The minimum atomic E-state index is 0.164. The number of rotatable bonds is 0. The van der Waals surface area contributed by atoms with Crippen molar-refractivity contribution in [2.75, 3.05) is 0 Å². The van der Waals surface area contributed by atoms with Crippen molar-refractivity contribution < 1.29 is 0 Å². The Morgan fingerprint density at radius 2 is 2.40 bits per heavy atom. The van der Waals surface area contributed by atoms with Crippen LogP contribution in [0.5, 0.6) is 0 Å².